The normalized spacial score (nSPS) is 41.8. The van der Waals surface area contributed by atoms with Gasteiger partial charge in [0, 0.05) is 11.1 Å². The van der Waals surface area contributed by atoms with Crippen LogP contribution in [-0.4, -0.2) is 178 Å². The molecule has 46 heavy (non-hydrogen) atoms. The zero-order valence-corrected chi connectivity index (χ0v) is 24.3. The summed E-state index contributed by atoms with van der Waals surface area (Å²) < 4.78 is 48.3. The highest BCUT2D eigenvalue weighted by molar-refractivity contribution is 5.42. The third-order valence-corrected chi connectivity index (χ3v) is 8.05. The van der Waals surface area contributed by atoms with Gasteiger partial charge in [0.1, 0.15) is 79.0 Å². The van der Waals surface area contributed by atoms with E-state index < -0.39 is 137 Å². The Bertz CT molecular complexity index is 1150. The Labute approximate surface area is 260 Å². The number of aliphatic hydroxyl groups is 12. The van der Waals surface area contributed by atoms with Gasteiger partial charge in [-0.2, -0.15) is 4.39 Å². The van der Waals surface area contributed by atoms with E-state index in [1.54, 1.807) is 0 Å². The number of rotatable bonds is 11. The maximum Gasteiger partial charge on any atom is 0.229 e. The van der Waals surface area contributed by atoms with Crippen molar-refractivity contribution in [3.63, 3.8) is 0 Å². The molecule has 4 rings (SSSR count). The molecule has 19 nitrogen and oxygen atoms in total. The standard InChI is InChI=1S/C26H40FNO18/c1-7-22(46-26-21(40)18(37)15(34)12(4-31)45-26)8(5-41-24-19(38)16(35)13(32)10(2-29)43-24)9(23(27)28-7)6-42-25-20(39)17(36)14(33)11(3-30)44-25/h10-21,24-26,29-40H,2-6H2,1H3/t10-,11-,12-,13-,14-,15+,16+,17+,18+,19-,20-,21-,24-,25-,26+/m1/s1. The minimum absolute atomic E-state index is 0.196. The van der Waals surface area contributed by atoms with Crippen LogP contribution in [0, 0.1) is 12.9 Å². The van der Waals surface area contributed by atoms with Gasteiger partial charge in [0.15, 0.2) is 12.6 Å². The summed E-state index contributed by atoms with van der Waals surface area (Å²) in [5.41, 5.74) is -0.936. The van der Waals surface area contributed by atoms with Crippen LogP contribution in [0.15, 0.2) is 0 Å². The van der Waals surface area contributed by atoms with Crippen LogP contribution in [0.5, 0.6) is 5.75 Å². The fraction of sp³-hybridized carbons (Fsp3) is 0.808. The predicted molar refractivity (Wildman–Crippen MR) is 140 cm³/mol. The van der Waals surface area contributed by atoms with Crippen molar-refractivity contribution in [1.29, 1.82) is 0 Å². The summed E-state index contributed by atoms with van der Waals surface area (Å²) in [4.78, 5) is 3.75. The maximum atomic E-state index is 15.5. The third kappa shape index (κ3) is 7.43. The number of aromatic nitrogens is 1. The van der Waals surface area contributed by atoms with Crippen LogP contribution >= 0.6 is 0 Å². The van der Waals surface area contributed by atoms with Crippen LogP contribution < -0.4 is 4.74 Å². The quantitative estimate of drug-likeness (QED) is 0.0971. The molecule has 264 valence electrons. The number of nitrogens with zero attached hydrogens (tertiary/aromatic N) is 1. The molecule has 0 amide bonds. The number of aliphatic hydroxyl groups excluding tert-OH is 12. The predicted octanol–water partition coefficient (Wildman–Crippen LogP) is -6.66. The molecule has 0 aromatic carbocycles. The van der Waals surface area contributed by atoms with Crippen LogP contribution in [0.4, 0.5) is 4.39 Å². The van der Waals surface area contributed by atoms with Crippen molar-refractivity contribution >= 4 is 0 Å². The molecule has 0 saturated carbocycles. The SMILES string of the molecule is Cc1nc(F)c(CO[C@@H]2O[C@H](CO)[C@@H](O)[C@H](O)[C@H]2O)c(CO[C@@H]2O[C@H](CO)[C@@H](O)[C@H](O)[C@H]2O)c1O[C@@H]1O[C@H](CO)[C@H](O)[C@H](O)[C@H]1O. The first kappa shape index (κ1) is 37.0. The van der Waals surface area contributed by atoms with E-state index in [1.165, 1.54) is 6.92 Å². The van der Waals surface area contributed by atoms with Crippen molar-refractivity contribution < 1.29 is 94.1 Å². The molecule has 1 aromatic rings. The Hall–Kier alpha value is -1.80. The topological polar surface area (TPSA) is 311 Å². The lowest BCUT2D eigenvalue weighted by atomic mass is 9.99. The molecular formula is C26H40FNO18. The van der Waals surface area contributed by atoms with E-state index in [0.717, 1.165) is 0 Å². The van der Waals surface area contributed by atoms with Crippen LogP contribution in [0.3, 0.4) is 0 Å². The Morgan fingerprint density at radius 1 is 0.565 bits per heavy atom. The molecule has 12 N–H and O–H groups in total. The molecule has 4 heterocycles. The van der Waals surface area contributed by atoms with Gasteiger partial charge in [0.2, 0.25) is 12.2 Å². The first-order valence-corrected chi connectivity index (χ1v) is 14.2. The first-order valence-electron chi connectivity index (χ1n) is 14.2. The molecule has 0 bridgehead atoms. The molecule has 3 aliphatic rings. The van der Waals surface area contributed by atoms with Crippen molar-refractivity contribution in [3.8, 4) is 5.75 Å². The molecule has 0 aliphatic carbocycles. The van der Waals surface area contributed by atoms with E-state index in [2.05, 4.69) is 4.98 Å². The van der Waals surface area contributed by atoms with Crippen LogP contribution in [-0.2, 0) is 36.9 Å². The van der Waals surface area contributed by atoms with E-state index in [9.17, 15) is 61.3 Å². The molecule has 1 aromatic heterocycles. The summed E-state index contributed by atoms with van der Waals surface area (Å²) in [7, 11) is 0. The van der Waals surface area contributed by atoms with Gasteiger partial charge in [0.05, 0.1) is 38.7 Å². The minimum atomic E-state index is -1.91. The first-order chi connectivity index (χ1) is 21.7. The van der Waals surface area contributed by atoms with E-state index >= 15 is 4.39 Å². The molecule has 3 aliphatic heterocycles. The van der Waals surface area contributed by atoms with Crippen molar-refractivity contribution in [1.82, 2.24) is 4.98 Å². The smallest absolute Gasteiger partial charge is 0.229 e. The van der Waals surface area contributed by atoms with Gasteiger partial charge in [0.25, 0.3) is 0 Å². The van der Waals surface area contributed by atoms with Gasteiger partial charge in [-0.1, -0.05) is 0 Å². The highest BCUT2D eigenvalue weighted by Gasteiger charge is 2.47. The summed E-state index contributed by atoms with van der Waals surface area (Å²) in [6.45, 7) is -2.67. The highest BCUT2D eigenvalue weighted by atomic mass is 19.1. The van der Waals surface area contributed by atoms with Crippen molar-refractivity contribution in [3.05, 3.63) is 22.8 Å². The number of aryl methyl sites for hydroxylation is 1. The lowest BCUT2D eigenvalue weighted by Crippen LogP contribution is -2.60. The van der Waals surface area contributed by atoms with Gasteiger partial charge in [-0.3, -0.25) is 0 Å². The summed E-state index contributed by atoms with van der Waals surface area (Å²) in [6.07, 6.45) is -25.6. The summed E-state index contributed by atoms with van der Waals surface area (Å²) in [5, 5.41) is 121. The van der Waals surface area contributed by atoms with E-state index in [4.69, 9.17) is 28.4 Å². The molecule has 0 radical (unpaired) electrons. The molecule has 3 fully saturated rings. The van der Waals surface area contributed by atoms with Crippen molar-refractivity contribution in [2.45, 2.75) is 112 Å². The average molecular weight is 674 g/mol. The van der Waals surface area contributed by atoms with Gasteiger partial charge in [-0.25, -0.2) is 4.98 Å². The molecule has 15 atom stereocenters. The monoisotopic (exact) mass is 673 g/mol. The number of halogens is 1. The average Bonchev–Trinajstić information content (AvgIpc) is 3.04. The second-order valence-electron chi connectivity index (χ2n) is 11.1. The van der Waals surface area contributed by atoms with Gasteiger partial charge in [-0.05, 0) is 6.92 Å². The van der Waals surface area contributed by atoms with Crippen molar-refractivity contribution in [2.24, 2.45) is 0 Å². The van der Waals surface area contributed by atoms with Gasteiger partial charge < -0.3 is 89.7 Å². The zero-order chi connectivity index (χ0) is 34.0. The number of ether oxygens (including phenoxy) is 6. The van der Waals surface area contributed by atoms with Crippen molar-refractivity contribution in [2.75, 3.05) is 19.8 Å². The number of hydrogen-bond donors (Lipinski definition) is 12. The highest BCUT2D eigenvalue weighted by Crippen LogP contribution is 2.34. The fourth-order valence-corrected chi connectivity index (χ4v) is 5.22. The Balaban J connectivity index is 1.67. The molecular weight excluding hydrogens is 633 g/mol. The third-order valence-electron chi connectivity index (χ3n) is 8.05. The zero-order valence-electron chi connectivity index (χ0n) is 24.3. The van der Waals surface area contributed by atoms with E-state index in [-0.39, 0.29) is 17.0 Å². The lowest BCUT2D eigenvalue weighted by molar-refractivity contribution is -0.306. The summed E-state index contributed by atoms with van der Waals surface area (Å²) >= 11 is 0. The fourth-order valence-electron chi connectivity index (χ4n) is 5.22. The minimum Gasteiger partial charge on any atom is -0.460 e. The molecule has 0 unspecified atom stereocenters. The van der Waals surface area contributed by atoms with Gasteiger partial charge >= 0.3 is 0 Å². The van der Waals surface area contributed by atoms with E-state index in [1.807, 2.05) is 0 Å². The lowest BCUT2D eigenvalue weighted by Gasteiger charge is -2.41. The number of pyridine rings is 1. The largest absolute Gasteiger partial charge is 0.460 e. The summed E-state index contributed by atoms with van der Waals surface area (Å²) in [5.74, 6) is -1.56. The second-order valence-corrected chi connectivity index (χ2v) is 11.1. The van der Waals surface area contributed by atoms with E-state index in [0.29, 0.717) is 0 Å². The van der Waals surface area contributed by atoms with Crippen LogP contribution in [0.1, 0.15) is 16.8 Å². The Morgan fingerprint density at radius 3 is 1.35 bits per heavy atom. The molecule has 20 heteroatoms. The van der Waals surface area contributed by atoms with Crippen LogP contribution in [0.25, 0.3) is 0 Å². The Kier molecular flexibility index (Phi) is 12.6. The molecule has 3 saturated heterocycles. The second kappa shape index (κ2) is 15.6. The molecule has 0 spiro atoms. The Morgan fingerprint density at radius 2 is 0.935 bits per heavy atom. The number of hydrogen-bond acceptors (Lipinski definition) is 19. The summed E-state index contributed by atoms with van der Waals surface area (Å²) in [6, 6.07) is 0. The van der Waals surface area contributed by atoms with Gasteiger partial charge in [-0.15, -0.1) is 0 Å². The van der Waals surface area contributed by atoms with Crippen LogP contribution in [0.2, 0.25) is 0 Å². The maximum absolute atomic E-state index is 15.5.